The minimum Gasteiger partial charge on any atom is -0.463 e. The third-order valence-electron chi connectivity index (χ3n) is 2.42. The molecule has 1 atom stereocenters. The molecule has 0 aromatic rings. The number of carbonyl (C=O) groups excluding carboxylic acids is 1. The first-order valence-electron chi connectivity index (χ1n) is 5.16. The van der Waals surface area contributed by atoms with Gasteiger partial charge in [0.05, 0.1) is 6.61 Å². The molecule has 0 aromatic carbocycles. The van der Waals surface area contributed by atoms with E-state index in [1.807, 2.05) is 0 Å². The minimum atomic E-state index is -1.49. The van der Waals surface area contributed by atoms with E-state index in [4.69, 9.17) is 0 Å². The molecule has 1 fully saturated rings. The van der Waals surface area contributed by atoms with Gasteiger partial charge in [-0.3, -0.25) is 0 Å². The first-order valence-corrected chi connectivity index (χ1v) is 6.21. The number of esters is 1. The van der Waals surface area contributed by atoms with Gasteiger partial charge < -0.3 is 4.74 Å². The van der Waals surface area contributed by atoms with Gasteiger partial charge >= 0.3 is 5.97 Å². The van der Waals surface area contributed by atoms with Gasteiger partial charge in [0, 0.05) is 0 Å². The van der Waals surface area contributed by atoms with E-state index in [0.29, 0.717) is 5.92 Å². The van der Waals surface area contributed by atoms with E-state index in [2.05, 4.69) is 4.74 Å². The highest BCUT2D eigenvalue weighted by atomic mass is 32.2. The van der Waals surface area contributed by atoms with Crippen LogP contribution in [-0.2, 0) is 9.53 Å². The number of alkyl halides is 1. The molecule has 0 radical (unpaired) electrons. The maximum absolute atomic E-state index is 13.1. The van der Waals surface area contributed by atoms with E-state index in [-0.39, 0.29) is 6.61 Å². The van der Waals surface area contributed by atoms with Crippen LogP contribution >= 0.6 is 11.8 Å². The molecule has 82 valence electrons. The highest BCUT2D eigenvalue weighted by Gasteiger charge is 2.22. The summed E-state index contributed by atoms with van der Waals surface area (Å²) in [6.45, 7) is 1.94. The summed E-state index contributed by atoms with van der Waals surface area (Å²) in [6.07, 6.45) is 4.87. The van der Waals surface area contributed by atoms with Gasteiger partial charge in [0.1, 0.15) is 0 Å². The Hall–Kier alpha value is -0.250. The van der Waals surface area contributed by atoms with Crippen LogP contribution in [0.5, 0.6) is 0 Å². The molecule has 0 N–H and O–H groups in total. The number of rotatable bonds is 5. The second kappa shape index (κ2) is 6.27. The van der Waals surface area contributed by atoms with Gasteiger partial charge in [-0.25, -0.2) is 9.18 Å². The first kappa shape index (κ1) is 11.8. The average molecular weight is 220 g/mol. The van der Waals surface area contributed by atoms with E-state index in [0.717, 1.165) is 17.5 Å². The van der Waals surface area contributed by atoms with Crippen LogP contribution in [0.25, 0.3) is 0 Å². The molecule has 1 unspecified atom stereocenters. The number of thioether (sulfide) groups is 1. The van der Waals surface area contributed by atoms with Crippen molar-refractivity contribution in [1.29, 1.82) is 0 Å². The highest BCUT2D eigenvalue weighted by molar-refractivity contribution is 8.00. The van der Waals surface area contributed by atoms with Gasteiger partial charge in [0.2, 0.25) is 5.50 Å². The Kier molecular flexibility index (Phi) is 5.30. The van der Waals surface area contributed by atoms with Gasteiger partial charge in [0.15, 0.2) is 0 Å². The zero-order chi connectivity index (χ0) is 10.4. The standard InChI is InChI=1S/C10H17FO2S/c1-2-13-10(12)9(11)14-7-8-5-3-4-6-8/h8-9H,2-7H2,1H3. The van der Waals surface area contributed by atoms with Crippen molar-refractivity contribution in [2.75, 3.05) is 12.4 Å². The van der Waals surface area contributed by atoms with Gasteiger partial charge in [-0.2, -0.15) is 0 Å². The molecule has 2 nitrogen and oxygen atoms in total. The van der Waals surface area contributed by atoms with Crippen LogP contribution in [-0.4, -0.2) is 23.8 Å². The lowest BCUT2D eigenvalue weighted by Crippen LogP contribution is -2.17. The number of hydrogen-bond donors (Lipinski definition) is 0. The van der Waals surface area contributed by atoms with Gasteiger partial charge in [-0.05, 0) is 31.4 Å². The first-order chi connectivity index (χ1) is 6.74. The Bertz CT molecular complexity index is 181. The van der Waals surface area contributed by atoms with E-state index in [1.54, 1.807) is 6.92 Å². The molecule has 0 spiro atoms. The number of ether oxygens (including phenoxy) is 1. The Morgan fingerprint density at radius 3 is 2.79 bits per heavy atom. The normalized spacial score (nSPS) is 19.6. The minimum absolute atomic E-state index is 0.253. The van der Waals surface area contributed by atoms with Crippen molar-refractivity contribution in [2.45, 2.75) is 38.1 Å². The zero-order valence-electron chi connectivity index (χ0n) is 8.50. The SMILES string of the molecule is CCOC(=O)C(F)SCC1CCCC1. The Labute approximate surface area is 88.6 Å². The topological polar surface area (TPSA) is 26.3 Å². The molecule has 0 aromatic heterocycles. The summed E-state index contributed by atoms with van der Waals surface area (Å²) >= 11 is 1.08. The smallest absolute Gasteiger partial charge is 0.351 e. The number of halogens is 1. The van der Waals surface area contributed by atoms with E-state index >= 15 is 0 Å². The summed E-state index contributed by atoms with van der Waals surface area (Å²) in [5.74, 6) is 0.628. The molecule has 0 bridgehead atoms. The van der Waals surface area contributed by atoms with E-state index < -0.39 is 11.5 Å². The molecule has 4 heteroatoms. The Balaban J connectivity index is 2.13. The summed E-state index contributed by atoms with van der Waals surface area (Å²) < 4.78 is 17.7. The molecular formula is C10H17FO2S. The third kappa shape index (κ3) is 3.86. The van der Waals surface area contributed by atoms with Crippen molar-refractivity contribution in [3.05, 3.63) is 0 Å². The van der Waals surface area contributed by atoms with Crippen LogP contribution in [0.4, 0.5) is 4.39 Å². The fraction of sp³-hybridized carbons (Fsp3) is 0.900. The summed E-state index contributed by atoms with van der Waals surface area (Å²) in [7, 11) is 0. The van der Waals surface area contributed by atoms with Crippen molar-refractivity contribution in [1.82, 2.24) is 0 Å². The second-order valence-corrected chi connectivity index (χ2v) is 4.63. The Morgan fingerprint density at radius 2 is 2.21 bits per heavy atom. The molecular weight excluding hydrogens is 203 g/mol. The molecule has 1 aliphatic carbocycles. The molecule has 1 aliphatic rings. The van der Waals surface area contributed by atoms with Crippen LogP contribution in [0.15, 0.2) is 0 Å². The fourth-order valence-electron chi connectivity index (χ4n) is 1.67. The van der Waals surface area contributed by atoms with Crippen molar-refractivity contribution in [3.8, 4) is 0 Å². The van der Waals surface area contributed by atoms with Crippen LogP contribution in [0, 0.1) is 5.92 Å². The third-order valence-corrected chi connectivity index (χ3v) is 3.57. The summed E-state index contributed by atoms with van der Waals surface area (Å²) in [6, 6.07) is 0. The van der Waals surface area contributed by atoms with Crippen LogP contribution in [0.2, 0.25) is 0 Å². The van der Waals surface area contributed by atoms with E-state index in [9.17, 15) is 9.18 Å². The van der Waals surface area contributed by atoms with Crippen molar-refractivity contribution in [2.24, 2.45) is 5.92 Å². The van der Waals surface area contributed by atoms with E-state index in [1.165, 1.54) is 25.7 Å². The zero-order valence-corrected chi connectivity index (χ0v) is 9.32. The van der Waals surface area contributed by atoms with Crippen molar-refractivity contribution >= 4 is 17.7 Å². The molecule has 0 amide bonds. The second-order valence-electron chi connectivity index (χ2n) is 3.55. The fourth-order valence-corrected chi connectivity index (χ4v) is 2.65. The predicted octanol–water partition coefficient (Wildman–Crippen LogP) is 2.77. The molecule has 0 saturated heterocycles. The molecule has 14 heavy (non-hydrogen) atoms. The summed E-state index contributed by atoms with van der Waals surface area (Å²) in [5.41, 5.74) is -1.49. The van der Waals surface area contributed by atoms with Gasteiger partial charge in [-0.1, -0.05) is 12.8 Å². The van der Waals surface area contributed by atoms with Gasteiger partial charge in [-0.15, -0.1) is 11.8 Å². The van der Waals surface area contributed by atoms with Crippen molar-refractivity contribution < 1.29 is 13.9 Å². The largest absolute Gasteiger partial charge is 0.463 e. The lowest BCUT2D eigenvalue weighted by Gasteiger charge is -2.10. The lowest BCUT2D eigenvalue weighted by molar-refractivity contribution is -0.145. The lowest BCUT2D eigenvalue weighted by atomic mass is 10.1. The summed E-state index contributed by atoms with van der Waals surface area (Å²) in [5, 5.41) is 0. The molecule has 0 heterocycles. The number of hydrogen-bond acceptors (Lipinski definition) is 3. The summed E-state index contributed by atoms with van der Waals surface area (Å²) in [4.78, 5) is 10.9. The maximum atomic E-state index is 13.1. The van der Waals surface area contributed by atoms with Gasteiger partial charge in [0.25, 0.3) is 0 Å². The quantitative estimate of drug-likeness (QED) is 0.666. The predicted molar refractivity (Wildman–Crippen MR) is 55.9 cm³/mol. The highest BCUT2D eigenvalue weighted by Crippen LogP contribution is 2.29. The average Bonchev–Trinajstić information content (AvgIpc) is 2.67. The maximum Gasteiger partial charge on any atom is 0.351 e. The van der Waals surface area contributed by atoms with Crippen LogP contribution < -0.4 is 0 Å². The Morgan fingerprint density at radius 1 is 1.57 bits per heavy atom. The molecule has 1 saturated carbocycles. The van der Waals surface area contributed by atoms with Crippen LogP contribution in [0.1, 0.15) is 32.6 Å². The molecule has 1 rings (SSSR count). The number of carbonyl (C=O) groups is 1. The van der Waals surface area contributed by atoms with Crippen molar-refractivity contribution in [3.63, 3.8) is 0 Å². The monoisotopic (exact) mass is 220 g/mol. The molecule has 0 aliphatic heterocycles. The van der Waals surface area contributed by atoms with Crippen LogP contribution in [0.3, 0.4) is 0 Å².